The number of nitrogens with two attached hydrogens (primary N) is 1. The van der Waals surface area contributed by atoms with Crippen LogP contribution >= 0.6 is 0 Å². The van der Waals surface area contributed by atoms with Crippen LogP contribution in [0.3, 0.4) is 0 Å². The fourth-order valence-electron chi connectivity index (χ4n) is 0.690. The smallest absolute Gasteiger partial charge is 0.239 e. The Morgan fingerprint density at radius 1 is 1.91 bits per heavy atom. The summed E-state index contributed by atoms with van der Waals surface area (Å²) < 4.78 is 1.56. The highest BCUT2D eigenvalue weighted by Crippen LogP contribution is 2.01. The summed E-state index contributed by atoms with van der Waals surface area (Å²) in [5.74, 6) is 0.439. The number of carbonyl (C=O) groups excluding carboxylic acids is 1. The molecule has 11 heavy (non-hydrogen) atoms. The third kappa shape index (κ3) is 1.78. The number of rotatable bonds is 2. The zero-order chi connectivity index (χ0) is 8.27. The van der Waals surface area contributed by atoms with Gasteiger partial charge in [0.2, 0.25) is 5.91 Å². The maximum Gasteiger partial charge on any atom is 0.239 e. The van der Waals surface area contributed by atoms with Crippen molar-refractivity contribution >= 4 is 11.7 Å². The molecule has 1 heterocycles. The first-order chi connectivity index (χ1) is 5.24. The van der Waals surface area contributed by atoms with Gasteiger partial charge in [0.05, 0.1) is 12.7 Å². The minimum absolute atomic E-state index is 0.00875. The highest BCUT2D eigenvalue weighted by Gasteiger charge is 2.00. The first kappa shape index (κ1) is 7.74. The standard InChI is InChI=1S/C6H10N4O/c1-10-5(2-3-8-10)9-6(11)4-7/h2-3H,4,7H2,1H3,(H,9,11). The minimum Gasteiger partial charge on any atom is -0.322 e. The zero-order valence-electron chi connectivity index (χ0n) is 6.24. The van der Waals surface area contributed by atoms with Crippen LogP contribution < -0.4 is 11.1 Å². The molecule has 1 rings (SSSR count). The molecule has 0 aromatic carbocycles. The van der Waals surface area contributed by atoms with E-state index in [9.17, 15) is 4.79 Å². The van der Waals surface area contributed by atoms with Crippen molar-refractivity contribution < 1.29 is 4.79 Å². The Balaban J connectivity index is 2.64. The second-order valence-corrected chi connectivity index (χ2v) is 2.09. The monoisotopic (exact) mass is 154 g/mol. The van der Waals surface area contributed by atoms with E-state index in [0.29, 0.717) is 5.82 Å². The zero-order valence-corrected chi connectivity index (χ0v) is 6.24. The lowest BCUT2D eigenvalue weighted by Gasteiger charge is -2.01. The molecule has 0 saturated heterocycles. The van der Waals surface area contributed by atoms with Crippen LogP contribution in [-0.2, 0) is 11.8 Å². The number of nitrogens with one attached hydrogen (secondary N) is 1. The molecule has 0 saturated carbocycles. The molecule has 0 aliphatic rings. The van der Waals surface area contributed by atoms with Crippen LogP contribution in [0.2, 0.25) is 0 Å². The van der Waals surface area contributed by atoms with Gasteiger partial charge in [-0.15, -0.1) is 0 Å². The topological polar surface area (TPSA) is 72.9 Å². The molecule has 1 aromatic rings. The van der Waals surface area contributed by atoms with Crippen LogP contribution in [0.5, 0.6) is 0 Å². The van der Waals surface area contributed by atoms with Crippen LogP contribution in [0.15, 0.2) is 12.3 Å². The number of hydrogen-bond donors (Lipinski definition) is 2. The maximum absolute atomic E-state index is 10.8. The van der Waals surface area contributed by atoms with Gasteiger partial charge in [-0.05, 0) is 0 Å². The van der Waals surface area contributed by atoms with Crippen molar-refractivity contribution in [1.82, 2.24) is 9.78 Å². The number of aromatic nitrogens is 2. The largest absolute Gasteiger partial charge is 0.322 e. The Bertz CT molecular complexity index is 255. The fourth-order valence-corrected chi connectivity index (χ4v) is 0.690. The van der Waals surface area contributed by atoms with Gasteiger partial charge in [0.25, 0.3) is 0 Å². The SMILES string of the molecule is Cn1nccc1NC(=O)CN. The molecule has 1 aromatic heterocycles. The molecule has 0 spiro atoms. The van der Waals surface area contributed by atoms with Crippen LogP contribution in [0.25, 0.3) is 0 Å². The third-order valence-corrected chi connectivity index (χ3v) is 1.27. The van der Waals surface area contributed by atoms with Gasteiger partial charge >= 0.3 is 0 Å². The number of amides is 1. The Hall–Kier alpha value is -1.36. The second-order valence-electron chi connectivity index (χ2n) is 2.09. The normalized spacial score (nSPS) is 9.64. The van der Waals surface area contributed by atoms with Crippen molar-refractivity contribution in [2.45, 2.75) is 0 Å². The van der Waals surface area contributed by atoms with E-state index in [1.54, 1.807) is 24.0 Å². The third-order valence-electron chi connectivity index (χ3n) is 1.27. The van der Waals surface area contributed by atoms with Gasteiger partial charge in [-0.3, -0.25) is 9.48 Å². The quantitative estimate of drug-likeness (QED) is 0.592. The number of anilines is 1. The summed E-state index contributed by atoms with van der Waals surface area (Å²) in [6, 6.07) is 1.70. The van der Waals surface area contributed by atoms with E-state index < -0.39 is 0 Å². The molecular weight excluding hydrogens is 144 g/mol. The van der Waals surface area contributed by atoms with Gasteiger partial charge < -0.3 is 11.1 Å². The van der Waals surface area contributed by atoms with Gasteiger partial charge in [0.1, 0.15) is 5.82 Å². The molecule has 0 bridgehead atoms. The molecule has 3 N–H and O–H groups in total. The molecule has 0 atom stereocenters. The summed E-state index contributed by atoms with van der Waals surface area (Å²) in [6.45, 7) is -0.00875. The highest BCUT2D eigenvalue weighted by atomic mass is 16.1. The van der Waals surface area contributed by atoms with E-state index in [1.165, 1.54) is 0 Å². The van der Waals surface area contributed by atoms with E-state index in [1.807, 2.05) is 0 Å². The van der Waals surface area contributed by atoms with Crippen molar-refractivity contribution in [1.29, 1.82) is 0 Å². The number of nitrogens with zero attached hydrogens (tertiary/aromatic N) is 2. The molecule has 0 radical (unpaired) electrons. The predicted molar refractivity (Wildman–Crippen MR) is 40.9 cm³/mol. The van der Waals surface area contributed by atoms with Crippen molar-refractivity contribution in [3.8, 4) is 0 Å². The average molecular weight is 154 g/mol. The van der Waals surface area contributed by atoms with Crippen LogP contribution in [0.1, 0.15) is 0 Å². The van der Waals surface area contributed by atoms with Crippen molar-refractivity contribution in [2.24, 2.45) is 12.8 Å². The summed E-state index contributed by atoms with van der Waals surface area (Å²) in [5.41, 5.74) is 5.10. The average Bonchev–Trinajstić information content (AvgIpc) is 2.37. The first-order valence-electron chi connectivity index (χ1n) is 3.22. The number of aryl methyl sites for hydroxylation is 1. The molecule has 0 aliphatic heterocycles. The van der Waals surface area contributed by atoms with E-state index in [-0.39, 0.29) is 12.5 Å². The van der Waals surface area contributed by atoms with Crippen LogP contribution in [-0.4, -0.2) is 22.2 Å². The summed E-state index contributed by atoms with van der Waals surface area (Å²) >= 11 is 0. The molecule has 0 unspecified atom stereocenters. The summed E-state index contributed by atoms with van der Waals surface area (Å²) in [5, 5.41) is 6.44. The van der Waals surface area contributed by atoms with Crippen LogP contribution in [0, 0.1) is 0 Å². The van der Waals surface area contributed by atoms with E-state index in [2.05, 4.69) is 10.4 Å². The van der Waals surface area contributed by atoms with Gasteiger partial charge in [0.15, 0.2) is 0 Å². The van der Waals surface area contributed by atoms with Gasteiger partial charge in [-0.2, -0.15) is 5.10 Å². The van der Waals surface area contributed by atoms with E-state index in [4.69, 9.17) is 5.73 Å². The first-order valence-corrected chi connectivity index (χ1v) is 3.22. The van der Waals surface area contributed by atoms with Gasteiger partial charge in [0, 0.05) is 13.1 Å². The van der Waals surface area contributed by atoms with Gasteiger partial charge in [-0.25, -0.2) is 0 Å². The summed E-state index contributed by atoms with van der Waals surface area (Å²) in [6.07, 6.45) is 1.60. The Morgan fingerprint density at radius 2 is 2.64 bits per heavy atom. The molecule has 5 nitrogen and oxygen atoms in total. The number of hydrogen-bond acceptors (Lipinski definition) is 3. The second kappa shape index (κ2) is 3.16. The molecule has 0 aliphatic carbocycles. The van der Waals surface area contributed by atoms with Crippen molar-refractivity contribution in [3.63, 3.8) is 0 Å². The van der Waals surface area contributed by atoms with Crippen molar-refractivity contribution in [3.05, 3.63) is 12.3 Å². The summed E-state index contributed by atoms with van der Waals surface area (Å²) in [4.78, 5) is 10.8. The molecule has 0 fully saturated rings. The minimum atomic E-state index is -0.214. The fraction of sp³-hybridized carbons (Fsp3) is 0.333. The lowest BCUT2D eigenvalue weighted by molar-refractivity contribution is -0.114. The molecular formula is C6H10N4O. The molecule has 1 amide bonds. The van der Waals surface area contributed by atoms with E-state index in [0.717, 1.165) is 0 Å². The predicted octanol–water partition coefficient (Wildman–Crippen LogP) is -0.683. The molecule has 5 heteroatoms. The maximum atomic E-state index is 10.8. The van der Waals surface area contributed by atoms with Gasteiger partial charge in [-0.1, -0.05) is 0 Å². The Labute approximate surface area is 64.2 Å². The highest BCUT2D eigenvalue weighted by molar-refractivity contribution is 5.91. The summed E-state index contributed by atoms with van der Waals surface area (Å²) in [7, 11) is 1.74. The van der Waals surface area contributed by atoms with Crippen molar-refractivity contribution in [2.75, 3.05) is 11.9 Å². The van der Waals surface area contributed by atoms with Crippen LogP contribution in [0.4, 0.5) is 5.82 Å². The Kier molecular flexibility index (Phi) is 2.22. The molecule has 60 valence electrons. The lowest BCUT2D eigenvalue weighted by atomic mass is 10.5. The lowest BCUT2D eigenvalue weighted by Crippen LogP contribution is -2.23. The Morgan fingerprint density at radius 3 is 3.09 bits per heavy atom. The number of carbonyl (C=O) groups is 1. The van der Waals surface area contributed by atoms with E-state index >= 15 is 0 Å².